The number of fused-ring (bicyclic) bond motifs is 3. The van der Waals surface area contributed by atoms with Crippen molar-refractivity contribution in [1.82, 2.24) is 15.0 Å². The van der Waals surface area contributed by atoms with Gasteiger partial charge in [-0.05, 0) is 66.9 Å². The van der Waals surface area contributed by atoms with Crippen molar-refractivity contribution in [2.24, 2.45) is 0 Å². The number of thiol groups is 1. The molecule has 0 spiro atoms. The SMILES string of the molecule is Cc1c[c-]c(-c2cc(C)c(C)cn2)cc1.Cc1ccc2c(n1)oc1c(-c3ccc(/C=C\S)cn3)[c-]ccc12.[Ir]. The van der Waals surface area contributed by atoms with Gasteiger partial charge in [-0.3, -0.25) is 0 Å². The Balaban J connectivity index is 0.000000192. The molecular weight excluding hydrogens is 679 g/mol. The van der Waals surface area contributed by atoms with Crippen molar-refractivity contribution in [3.05, 3.63) is 119 Å². The molecule has 6 aromatic rings. The fraction of sp³-hybridized carbons (Fsp3) is 0.121. The van der Waals surface area contributed by atoms with Crippen LogP contribution in [0.15, 0.2) is 82.9 Å². The minimum atomic E-state index is 0. The van der Waals surface area contributed by atoms with E-state index in [9.17, 15) is 0 Å². The molecule has 197 valence electrons. The second-order valence-corrected chi connectivity index (χ2v) is 9.53. The van der Waals surface area contributed by atoms with E-state index in [-0.39, 0.29) is 20.1 Å². The first kappa shape index (κ1) is 28.4. The maximum Gasteiger partial charge on any atom is 0.216 e. The summed E-state index contributed by atoms with van der Waals surface area (Å²) in [5.74, 6) is 0. The predicted octanol–water partition coefficient (Wildman–Crippen LogP) is 8.52. The number of aryl methyl sites for hydroxylation is 4. The molecule has 0 bridgehead atoms. The van der Waals surface area contributed by atoms with Crippen molar-refractivity contribution in [2.75, 3.05) is 0 Å². The number of pyridine rings is 3. The molecular formula is C33H27IrN3OS-2. The number of furan rings is 1. The number of hydrogen-bond acceptors (Lipinski definition) is 5. The Morgan fingerprint density at radius 2 is 1.64 bits per heavy atom. The zero-order valence-electron chi connectivity index (χ0n) is 22.1. The van der Waals surface area contributed by atoms with Crippen LogP contribution in [0.1, 0.15) is 27.9 Å². The van der Waals surface area contributed by atoms with Gasteiger partial charge in [0.05, 0.1) is 5.58 Å². The van der Waals surface area contributed by atoms with Crippen LogP contribution in [0.5, 0.6) is 0 Å². The minimum Gasteiger partial charge on any atom is -0.486 e. The molecule has 0 saturated heterocycles. The van der Waals surface area contributed by atoms with Gasteiger partial charge in [0.25, 0.3) is 0 Å². The molecule has 4 aromatic heterocycles. The van der Waals surface area contributed by atoms with Gasteiger partial charge in [-0.1, -0.05) is 41.6 Å². The van der Waals surface area contributed by atoms with E-state index < -0.39 is 0 Å². The summed E-state index contributed by atoms with van der Waals surface area (Å²) in [6, 6.07) is 26.6. The molecule has 0 saturated carbocycles. The van der Waals surface area contributed by atoms with E-state index in [1.54, 1.807) is 11.6 Å². The summed E-state index contributed by atoms with van der Waals surface area (Å²) in [5, 5.41) is 3.73. The van der Waals surface area contributed by atoms with Crippen LogP contribution < -0.4 is 0 Å². The summed E-state index contributed by atoms with van der Waals surface area (Å²) in [5.41, 5.74) is 10.8. The molecule has 6 heteroatoms. The van der Waals surface area contributed by atoms with Crippen LogP contribution in [0.2, 0.25) is 0 Å². The quantitative estimate of drug-likeness (QED) is 0.148. The third-order valence-electron chi connectivity index (χ3n) is 6.36. The first-order valence-electron chi connectivity index (χ1n) is 12.3. The fourth-order valence-corrected chi connectivity index (χ4v) is 4.25. The average molecular weight is 706 g/mol. The topological polar surface area (TPSA) is 51.8 Å². The molecule has 6 rings (SSSR count). The van der Waals surface area contributed by atoms with Gasteiger partial charge >= 0.3 is 0 Å². The first-order chi connectivity index (χ1) is 18.4. The first-order valence-corrected chi connectivity index (χ1v) is 12.8. The second kappa shape index (κ2) is 12.5. The van der Waals surface area contributed by atoms with Crippen LogP contribution in [0.4, 0.5) is 0 Å². The minimum absolute atomic E-state index is 0. The summed E-state index contributed by atoms with van der Waals surface area (Å²) < 4.78 is 5.99. The number of rotatable bonds is 3. The Kier molecular flexibility index (Phi) is 9.13. The largest absolute Gasteiger partial charge is 0.486 e. The van der Waals surface area contributed by atoms with E-state index in [1.165, 1.54) is 16.7 Å². The smallest absolute Gasteiger partial charge is 0.216 e. The van der Waals surface area contributed by atoms with E-state index >= 15 is 0 Å². The Bertz CT molecular complexity index is 1760. The summed E-state index contributed by atoms with van der Waals surface area (Å²) in [7, 11) is 0. The second-order valence-electron chi connectivity index (χ2n) is 9.23. The Hall–Kier alpha value is -3.57. The van der Waals surface area contributed by atoms with Crippen molar-refractivity contribution < 1.29 is 24.5 Å². The van der Waals surface area contributed by atoms with Crippen molar-refractivity contribution in [3.8, 4) is 22.5 Å². The molecule has 0 amide bonds. The Morgan fingerprint density at radius 1 is 0.821 bits per heavy atom. The van der Waals surface area contributed by atoms with Crippen LogP contribution in [0.3, 0.4) is 0 Å². The third kappa shape index (κ3) is 6.36. The fourth-order valence-electron chi connectivity index (χ4n) is 4.08. The van der Waals surface area contributed by atoms with Gasteiger partial charge in [-0.2, -0.15) is 12.6 Å². The average Bonchev–Trinajstić information content (AvgIpc) is 3.29. The van der Waals surface area contributed by atoms with Gasteiger partial charge in [0.1, 0.15) is 0 Å². The van der Waals surface area contributed by atoms with Crippen LogP contribution in [0.25, 0.3) is 50.7 Å². The molecule has 0 fully saturated rings. The molecule has 0 aliphatic carbocycles. The maximum atomic E-state index is 5.99. The molecule has 0 aliphatic rings. The van der Waals surface area contributed by atoms with Crippen molar-refractivity contribution >= 4 is 40.8 Å². The van der Waals surface area contributed by atoms with Crippen molar-refractivity contribution in [1.29, 1.82) is 0 Å². The van der Waals surface area contributed by atoms with E-state index in [0.29, 0.717) is 5.71 Å². The van der Waals surface area contributed by atoms with Crippen molar-refractivity contribution in [2.45, 2.75) is 27.7 Å². The maximum absolute atomic E-state index is 5.99. The van der Waals surface area contributed by atoms with E-state index in [2.05, 4.69) is 78.7 Å². The van der Waals surface area contributed by atoms with Gasteiger partial charge in [0, 0.05) is 43.6 Å². The van der Waals surface area contributed by atoms with Gasteiger partial charge in [0.15, 0.2) is 0 Å². The van der Waals surface area contributed by atoms with Crippen molar-refractivity contribution in [3.63, 3.8) is 0 Å². The summed E-state index contributed by atoms with van der Waals surface area (Å²) in [6.45, 7) is 8.20. The number of nitrogens with zero attached hydrogens (tertiary/aromatic N) is 3. The van der Waals surface area contributed by atoms with Crippen LogP contribution in [-0.2, 0) is 20.1 Å². The number of benzene rings is 2. The standard InChI is InChI=1S/C19H13N2OS.C14H14N.Ir/c1-12-5-7-15-14-3-2-4-16(18(14)22-19(15)21-12)17-8-6-13(9-10-23)11-20-17;1-10-4-6-13(7-5-10)14-8-11(2)12(3)9-15-14;/h2-3,5-11,23H,1H3;4-6,8-9H,1-3H3;/q2*-1;/b10-9-;;. The molecule has 0 unspecified atom stereocenters. The Morgan fingerprint density at radius 3 is 2.33 bits per heavy atom. The van der Waals surface area contributed by atoms with Gasteiger partial charge in [0.2, 0.25) is 5.71 Å². The summed E-state index contributed by atoms with van der Waals surface area (Å²) in [4.78, 5) is 13.4. The molecule has 1 radical (unpaired) electrons. The molecule has 4 nitrogen and oxygen atoms in total. The van der Waals surface area contributed by atoms with E-state index in [1.807, 2.05) is 61.7 Å². The molecule has 39 heavy (non-hydrogen) atoms. The normalized spacial score (nSPS) is 10.9. The van der Waals surface area contributed by atoms with Crippen LogP contribution in [0, 0.1) is 39.8 Å². The van der Waals surface area contributed by atoms with Gasteiger partial charge < -0.3 is 14.4 Å². The summed E-state index contributed by atoms with van der Waals surface area (Å²) >= 11 is 4.08. The third-order valence-corrected chi connectivity index (χ3v) is 6.51. The Labute approximate surface area is 248 Å². The molecule has 0 aliphatic heterocycles. The van der Waals surface area contributed by atoms with Gasteiger partial charge in [-0.15, -0.1) is 53.6 Å². The molecule has 2 aromatic carbocycles. The zero-order valence-corrected chi connectivity index (χ0v) is 25.4. The predicted molar refractivity (Wildman–Crippen MR) is 159 cm³/mol. The van der Waals surface area contributed by atoms with Gasteiger partial charge in [-0.25, -0.2) is 4.98 Å². The zero-order chi connectivity index (χ0) is 26.6. The van der Waals surface area contributed by atoms with Crippen LogP contribution >= 0.6 is 12.6 Å². The molecule has 0 atom stereocenters. The van der Waals surface area contributed by atoms with Crippen LogP contribution in [-0.4, -0.2) is 15.0 Å². The van der Waals surface area contributed by atoms with E-state index in [0.717, 1.165) is 50.1 Å². The number of aromatic nitrogens is 3. The number of hydrogen-bond donors (Lipinski definition) is 1. The summed E-state index contributed by atoms with van der Waals surface area (Å²) in [6.07, 6.45) is 5.61. The monoisotopic (exact) mass is 706 g/mol. The van der Waals surface area contributed by atoms with E-state index in [4.69, 9.17) is 4.42 Å². The molecule has 4 heterocycles. The molecule has 0 N–H and O–H groups in total.